The summed E-state index contributed by atoms with van der Waals surface area (Å²) >= 11 is 0. The summed E-state index contributed by atoms with van der Waals surface area (Å²) in [5, 5.41) is 0. The zero-order valence-corrected chi connectivity index (χ0v) is 8.18. The molecule has 0 bridgehead atoms. The van der Waals surface area contributed by atoms with Crippen molar-refractivity contribution in [2.45, 2.75) is 32.6 Å². The van der Waals surface area contributed by atoms with Gasteiger partial charge in [0.2, 0.25) is 0 Å². The van der Waals surface area contributed by atoms with Crippen LogP contribution in [0, 0.1) is 0 Å². The Balaban J connectivity index is 3.34. The van der Waals surface area contributed by atoms with Crippen LogP contribution in [0.5, 0.6) is 0 Å². The standard InChI is InChI=1S/C8H16O3S/c1-2-3-4-5-6-7-8-12(9,10)11/h4-5H,2-3,6-8H2,1H3,(H,9,10,11). The van der Waals surface area contributed by atoms with Gasteiger partial charge in [-0.1, -0.05) is 25.5 Å². The third kappa shape index (κ3) is 9.65. The van der Waals surface area contributed by atoms with E-state index in [2.05, 4.69) is 6.92 Å². The minimum atomic E-state index is -3.75. The summed E-state index contributed by atoms with van der Waals surface area (Å²) in [6, 6.07) is 0. The van der Waals surface area contributed by atoms with E-state index in [9.17, 15) is 8.42 Å². The van der Waals surface area contributed by atoms with Crippen LogP contribution in [0.15, 0.2) is 12.2 Å². The van der Waals surface area contributed by atoms with Crippen molar-refractivity contribution >= 4 is 10.1 Å². The fraction of sp³-hybridized carbons (Fsp3) is 0.750. The molecule has 0 saturated carbocycles. The first-order valence-electron chi connectivity index (χ1n) is 4.16. The molecule has 72 valence electrons. The monoisotopic (exact) mass is 192 g/mol. The maximum atomic E-state index is 10.3. The van der Waals surface area contributed by atoms with E-state index in [1.54, 1.807) is 0 Å². The predicted molar refractivity (Wildman–Crippen MR) is 49.7 cm³/mol. The Labute approximate surface area is 74.2 Å². The van der Waals surface area contributed by atoms with Gasteiger partial charge >= 0.3 is 0 Å². The second-order valence-corrected chi connectivity index (χ2v) is 4.26. The average Bonchev–Trinajstić information content (AvgIpc) is 1.94. The lowest BCUT2D eigenvalue weighted by Crippen LogP contribution is -2.02. The summed E-state index contributed by atoms with van der Waals surface area (Å²) in [7, 11) is -3.75. The molecular formula is C8H16O3S. The van der Waals surface area contributed by atoms with Crippen molar-refractivity contribution in [2.75, 3.05) is 5.75 Å². The van der Waals surface area contributed by atoms with Crippen LogP contribution < -0.4 is 0 Å². The number of rotatable bonds is 6. The van der Waals surface area contributed by atoms with E-state index in [4.69, 9.17) is 4.55 Å². The molecule has 0 aromatic carbocycles. The largest absolute Gasteiger partial charge is 0.286 e. The van der Waals surface area contributed by atoms with E-state index < -0.39 is 10.1 Å². The van der Waals surface area contributed by atoms with Gasteiger partial charge in [-0.25, -0.2) is 0 Å². The van der Waals surface area contributed by atoms with Crippen molar-refractivity contribution in [3.63, 3.8) is 0 Å². The molecule has 0 aliphatic heterocycles. The van der Waals surface area contributed by atoms with Crippen LogP contribution in [0.4, 0.5) is 0 Å². The van der Waals surface area contributed by atoms with Gasteiger partial charge in [-0.2, -0.15) is 8.42 Å². The molecule has 0 saturated heterocycles. The lowest BCUT2D eigenvalue weighted by molar-refractivity contribution is 0.481. The Morgan fingerprint density at radius 2 is 1.83 bits per heavy atom. The summed E-state index contributed by atoms with van der Waals surface area (Å²) in [5.41, 5.74) is 0. The van der Waals surface area contributed by atoms with E-state index in [-0.39, 0.29) is 5.75 Å². The van der Waals surface area contributed by atoms with Crippen molar-refractivity contribution < 1.29 is 13.0 Å². The Morgan fingerprint density at radius 1 is 1.25 bits per heavy atom. The van der Waals surface area contributed by atoms with Crippen LogP contribution >= 0.6 is 0 Å². The van der Waals surface area contributed by atoms with Gasteiger partial charge in [0, 0.05) is 0 Å². The molecule has 1 N–H and O–H groups in total. The highest BCUT2D eigenvalue weighted by molar-refractivity contribution is 7.85. The third-order valence-corrected chi connectivity index (χ3v) is 2.20. The van der Waals surface area contributed by atoms with Crippen molar-refractivity contribution in [2.24, 2.45) is 0 Å². The molecule has 3 nitrogen and oxygen atoms in total. The molecule has 0 aliphatic carbocycles. The Morgan fingerprint density at radius 3 is 2.33 bits per heavy atom. The van der Waals surface area contributed by atoms with Crippen LogP contribution in [0.2, 0.25) is 0 Å². The summed E-state index contributed by atoms with van der Waals surface area (Å²) < 4.78 is 28.9. The highest BCUT2D eigenvalue weighted by Crippen LogP contribution is 1.97. The maximum absolute atomic E-state index is 10.3. The molecule has 0 rings (SSSR count). The molecule has 0 aliphatic rings. The van der Waals surface area contributed by atoms with Crippen LogP contribution in [0.3, 0.4) is 0 Å². The lowest BCUT2D eigenvalue weighted by Gasteiger charge is -1.92. The van der Waals surface area contributed by atoms with Gasteiger partial charge in [-0.15, -0.1) is 0 Å². The van der Waals surface area contributed by atoms with Gasteiger partial charge in [0.25, 0.3) is 10.1 Å². The van der Waals surface area contributed by atoms with Crippen molar-refractivity contribution in [3.05, 3.63) is 12.2 Å². The Bertz CT molecular complexity index is 216. The summed E-state index contributed by atoms with van der Waals surface area (Å²) in [4.78, 5) is 0. The molecule has 4 heteroatoms. The topological polar surface area (TPSA) is 54.4 Å². The first-order valence-corrected chi connectivity index (χ1v) is 5.77. The highest BCUT2D eigenvalue weighted by atomic mass is 32.2. The average molecular weight is 192 g/mol. The molecular weight excluding hydrogens is 176 g/mol. The van der Waals surface area contributed by atoms with Crippen molar-refractivity contribution in [1.29, 1.82) is 0 Å². The minimum absolute atomic E-state index is 0.135. The number of hydrogen-bond acceptors (Lipinski definition) is 2. The molecule has 0 radical (unpaired) electrons. The fourth-order valence-electron chi connectivity index (χ4n) is 0.786. The molecule has 12 heavy (non-hydrogen) atoms. The Kier molecular flexibility index (Phi) is 6.02. The van der Waals surface area contributed by atoms with Crippen LogP contribution in [-0.4, -0.2) is 18.7 Å². The minimum Gasteiger partial charge on any atom is -0.286 e. The second kappa shape index (κ2) is 6.20. The van der Waals surface area contributed by atoms with Gasteiger partial charge in [0.1, 0.15) is 0 Å². The zero-order chi connectivity index (χ0) is 9.45. The number of allylic oxidation sites excluding steroid dienone is 2. The molecule has 0 heterocycles. The van der Waals surface area contributed by atoms with Crippen molar-refractivity contribution in [3.8, 4) is 0 Å². The molecule has 0 unspecified atom stereocenters. The van der Waals surface area contributed by atoms with E-state index >= 15 is 0 Å². The maximum Gasteiger partial charge on any atom is 0.264 e. The van der Waals surface area contributed by atoms with Crippen LogP contribution in [-0.2, 0) is 10.1 Å². The summed E-state index contributed by atoms with van der Waals surface area (Å²) in [5.74, 6) is -0.135. The lowest BCUT2D eigenvalue weighted by atomic mass is 10.2. The SMILES string of the molecule is CCCC=CCCCS(=O)(=O)O. The molecule has 0 spiro atoms. The Hall–Kier alpha value is -0.350. The summed E-state index contributed by atoms with van der Waals surface area (Å²) in [6.07, 6.45) is 7.35. The normalized spacial score (nSPS) is 12.5. The first-order chi connectivity index (χ1) is 5.56. The van der Waals surface area contributed by atoms with E-state index in [1.165, 1.54) is 0 Å². The van der Waals surface area contributed by atoms with Crippen LogP contribution in [0.1, 0.15) is 32.6 Å². The van der Waals surface area contributed by atoms with Gasteiger partial charge in [-0.05, 0) is 19.3 Å². The molecule has 0 fully saturated rings. The molecule has 0 aromatic rings. The quantitative estimate of drug-likeness (QED) is 0.398. The van der Waals surface area contributed by atoms with Gasteiger partial charge in [0.05, 0.1) is 5.75 Å². The number of unbranched alkanes of at least 4 members (excludes halogenated alkanes) is 2. The second-order valence-electron chi connectivity index (χ2n) is 2.69. The molecule has 0 amide bonds. The highest BCUT2D eigenvalue weighted by Gasteiger charge is 2.01. The van der Waals surface area contributed by atoms with E-state index in [0.29, 0.717) is 6.42 Å². The van der Waals surface area contributed by atoms with Gasteiger partial charge < -0.3 is 0 Å². The van der Waals surface area contributed by atoms with Crippen molar-refractivity contribution in [1.82, 2.24) is 0 Å². The first kappa shape index (κ1) is 11.6. The number of hydrogen-bond donors (Lipinski definition) is 1. The van der Waals surface area contributed by atoms with Gasteiger partial charge in [0.15, 0.2) is 0 Å². The van der Waals surface area contributed by atoms with E-state index in [1.807, 2.05) is 12.2 Å². The third-order valence-electron chi connectivity index (χ3n) is 1.40. The fourth-order valence-corrected chi connectivity index (χ4v) is 1.32. The van der Waals surface area contributed by atoms with Gasteiger partial charge in [-0.3, -0.25) is 4.55 Å². The molecule has 0 aromatic heterocycles. The zero-order valence-electron chi connectivity index (χ0n) is 7.36. The van der Waals surface area contributed by atoms with Crippen LogP contribution in [0.25, 0.3) is 0 Å². The van der Waals surface area contributed by atoms with E-state index in [0.717, 1.165) is 19.3 Å². The summed E-state index contributed by atoms with van der Waals surface area (Å²) in [6.45, 7) is 2.09. The molecule has 0 atom stereocenters. The predicted octanol–water partition coefficient (Wildman–Crippen LogP) is 2.01. The smallest absolute Gasteiger partial charge is 0.264 e.